The van der Waals surface area contributed by atoms with Crippen LogP contribution in [-0.2, 0) is 9.53 Å². The topological polar surface area (TPSA) is 29.5 Å². The van der Waals surface area contributed by atoms with Crippen LogP contribution in [0.5, 0.6) is 0 Å². The highest BCUT2D eigenvalue weighted by atomic mass is 35.5. The number of nitrogens with zero attached hydrogens (tertiary/aromatic N) is 1. The Bertz CT molecular complexity index is 470. The highest BCUT2D eigenvalue weighted by molar-refractivity contribution is 6.32. The maximum absolute atomic E-state index is 11.0. The molecule has 21 heavy (non-hydrogen) atoms. The fraction of sp³-hybridized carbons (Fsp3) is 0.588. The van der Waals surface area contributed by atoms with Crippen LogP contribution in [0.25, 0.3) is 0 Å². The second-order valence-corrected chi connectivity index (χ2v) is 6.16. The van der Waals surface area contributed by atoms with E-state index in [2.05, 4.69) is 11.0 Å². The average Bonchev–Trinajstić information content (AvgIpc) is 2.53. The van der Waals surface area contributed by atoms with E-state index in [1.54, 1.807) is 7.11 Å². The van der Waals surface area contributed by atoms with Crippen molar-refractivity contribution in [1.82, 2.24) is 4.90 Å². The van der Waals surface area contributed by atoms with E-state index in [0.29, 0.717) is 5.92 Å². The van der Waals surface area contributed by atoms with Crippen molar-refractivity contribution in [2.24, 2.45) is 0 Å². The summed E-state index contributed by atoms with van der Waals surface area (Å²) in [5.41, 5.74) is 2.15. The summed E-state index contributed by atoms with van der Waals surface area (Å²) in [7, 11) is 1.74. The summed E-state index contributed by atoms with van der Waals surface area (Å²) in [5.74, 6) is 0.356. The normalized spacial score (nSPS) is 18.6. The first-order chi connectivity index (χ1) is 10.2. The lowest BCUT2D eigenvalue weighted by atomic mass is 9.87. The Balaban J connectivity index is 2.05. The van der Waals surface area contributed by atoms with Crippen LogP contribution >= 0.6 is 11.6 Å². The number of aldehydes is 1. The van der Waals surface area contributed by atoms with Crippen molar-refractivity contribution in [3.8, 4) is 0 Å². The number of piperidine rings is 1. The van der Waals surface area contributed by atoms with Gasteiger partial charge in [-0.3, -0.25) is 0 Å². The van der Waals surface area contributed by atoms with Gasteiger partial charge in [0.1, 0.15) is 6.29 Å². The van der Waals surface area contributed by atoms with Gasteiger partial charge in [0, 0.05) is 24.6 Å². The van der Waals surface area contributed by atoms with Crippen LogP contribution in [-0.4, -0.2) is 44.5 Å². The number of carbonyl (C=O) groups excluding carboxylic acids is 1. The van der Waals surface area contributed by atoms with Crippen molar-refractivity contribution in [2.75, 3.05) is 33.4 Å². The van der Waals surface area contributed by atoms with Gasteiger partial charge in [0.2, 0.25) is 0 Å². The van der Waals surface area contributed by atoms with Crippen LogP contribution in [0.15, 0.2) is 18.2 Å². The lowest BCUT2D eigenvalue weighted by molar-refractivity contribution is -0.108. The number of methoxy groups -OCH3 is 1. The number of benzene rings is 1. The molecule has 0 bridgehead atoms. The molecule has 1 aromatic carbocycles. The molecule has 1 atom stereocenters. The van der Waals surface area contributed by atoms with Crippen molar-refractivity contribution in [3.63, 3.8) is 0 Å². The van der Waals surface area contributed by atoms with Gasteiger partial charge in [-0.15, -0.1) is 0 Å². The Labute approximate surface area is 132 Å². The lowest BCUT2D eigenvalue weighted by Gasteiger charge is -2.32. The number of hydrogen-bond donors (Lipinski definition) is 0. The van der Waals surface area contributed by atoms with Crippen LogP contribution in [0, 0.1) is 0 Å². The zero-order valence-electron chi connectivity index (χ0n) is 12.8. The van der Waals surface area contributed by atoms with Gasteiger partial charge in [0.25, 0.3) is 0 Å². The second kappa shape index (κ2) is 7.92. The van der Waals surface area contributed by atoms with E-state index >= 15 is 0 Å². The van der Waals surface area contributed by atoms with Gasteiger partial charge in [-0.2, -0.15) is 0 Å². The van der Waals surface area contributed by atoms with Crippen molar-refractivity contribution in [1.29, 1.82) is 0 Å². The summed E-state index contributed by atoms with van der Waals surface area (Å²) in [4.78, 5) is 13.4. The predicted molar refractivity (Wildman–Crippen MR) is 86.2 cm³/mol. The Morgan fingerprint density at radius 3 is 2.76 bits per heavy atom. The summed E-state index contributed by atoms with van der Waals surface area (Å²) >= 11 is 6.54. The molecular weight excluding hydrogens is 286 g/mol. The molecule has 3 nitrogen and oxygen atoms in total. The third-order valence-corrected chi connectivity index (χ3v) is 4.83. The minimum absolute atomic E-state index is 0.140. The molecule has 116 valence electrons. The first-order valence-electron chi connectivity index (χ1n) is 7.62. The van der Waals surface area contributed by atoms with Crippen LogP contribution in [0.3, 0.4) is 0 Å². The van der Waals surface area contributed by atoms with Gasteiger partial charge >= 0.3 is 0 Å². The standard InChI is InChI=1S/C17H24ClNO2/c1-13(12-20)15-4-3-5-16(17(15)18)14-6-8-19(9-7-14)10-11-21-2/h3-5,12-14H,6-11H2,1-2H3. The van der Waals surface area contributed by atoms with Crippen LogP contribution < -0.4 is 0 Å². The van der Waals surface area contributed by atoms with Crippen molar-refractivity contribution < 1.29 is 9.53 Å². The van der Waals surface area contributed by atoms with E-state index in [9.17, 15) is 4.79 Å². The minimum Gasteiger partial charge on any atom is -0.383 e. The first-order valence-corrected chi connectivity index (χ1v) is 8.00. The van der Waals surface area contributed by atoms with Gasteiger partial charge < -0.3 is 14.4 Å². The van der Waals surface area contributed by atoms with Crippen LogP contribution in [0.2, 0.25) is 5.02 Å². The number of rotatable bonds is 6. The first kappa shape index (κ1) is 16.5. The Kier molecular flexibility index (Phi) is 6.22. The molecule has 1 unspecified atom stereocenters. The lowest BCUT2D eigenvalue weighted by Crippen LogP contribution is -2.35. The monoisotopic (exact) mass is 309 g/mol. The van der Waals surface area contributed by atoms with E-state index in [4.69, 9.17) is 16.3 Å². The van der Waals surface area contributed by atoms with E-state index in [1.165, 1.54) is 5.56 Å². The number of halogens is 1. The zero-order chi connectivity index (χ0) is 15.2. The molecule has 1 heterocycles. The van der Waals surface area contributed by atoms with Crippen LogP contribution in [0.1, 0.15) is 42.7 Å². The van der Waals surface area contributed by atoms with Gasteiger partial charge in [-0.25, -0.2) is 0 Å². The zero-order valence-corrected chi connectivity index (χ0v) is 13.6. The van der Waals surface area contributed by atoms with Gasteiger partial charge in [-0.1, -0.05) is 36.7 Å². The summed E-state index contributed by atoms with van der Waals surface area (Å²) in [6.07, 6.45) is 3.18. The van der Waals surface area contributed by atoms with Gasteiger partial charge in [-0.05, 0) is 43.0 Å². The Morgan fingerprint density at radius 1 is 1.43 bits per heavy atom. The maximum Gasteiger partial charge on any atom is 0.127 e. The van der Waals surface area contributed by atoms with Crippen molar-refractivity contribution >= 4 is 17.9 Å². The number of ether oxygens (including phenoxy) is 1. The molecule has 0 amide bonds. The predicted octanol–water partition coefficient (Wildman–Crippen LogP) is 3.47. The maximum atomic E-state index is 11.0. The Hall–Kier alpha value is -0.900. The van der Waals surface area contributed by atoms with E-state index in [1.807, 2.05) is 19.1 Å². The molecule has 1 aromatic rings. The van der Waals surface area contributed by atoms with Crippen molar-refractivity contribution in [3.05, 3.63) is 34.3 Å². The SMILES string of the molecule is COCCN1CCC(c2cccc(C(C)C=O)c2Cl)CC1. The summed E-state index contributed by atoms with van der Waals surface area (Å²) in [6, 6.07) is 6.09. The van der Waals surface area contributed by atoms with E-state index < -0.39 is 0 Å². The molecule has 1 fully saturated rings. The molecule has 1 saturated heterocycles. The fourth-order valence-corrected chi connectivity index (χ4v) is 3.45. The number of hydrogen-bond acceptors (Lipinski definition) is 3. The average molecular weight is 310 g/mol. The molecule has 0 spiro atoms. The summed E-state index contributed by atoms with van der Waals surface area (Å²) < 4.78 is 5.13. The summed E-state index contributed by atoms with van der Waals surface area (Å²) in [6.45, 7) is 5.85. The quantitative estimate of drug-likeness (QED) is 0.754. The molecule has 1 aliphatic heterocycles. The largest absolute Gasteiger partial charge is 0.383 e. The second-order valence-electron chi connectivity index (χ2n) is 5.78. The van der Waals surface area contributed by atoms with Gasteiger partial charge in [0.05, 0.1) is 6.61 Å². The Morgan fingerprint density at radius 2 is 2.14 bits per heavy atom. The molecule has 0 aliphatic carbocycles. The summed E-state index contributed by atoms with van der Waals surface area (Å²) in [5, 5.41) is 0.785. The molecule has 0 radical (unpaired) electrons. The number of carbonyl (C=O) groups is 1. The number of likely N-dealkylation sites (tertiary alicyclic amines) is 1. The minimum atomic E-state index is -0.140. The molecule has 2 rings (SSSR count). The van der Waals surface area contributed by atoms with E-state index in [-0.39, 0.29) is 5.92 Å². The molecule has 1 aliphatic rings. The molecule has 0 aromatic heterocycles. The smallest absolute Gasteiger partial charge is 0.127 e. The van der Waals surface area contributed by atoms with E-state index in [0.717, 1.165) is 56.0 Å². The highest BCUT2D eigenvalue weighted by Crippen LogP contribution is 2.36. The molecule has 0 saturated carbocycles. The molecule has 4 heteroatoms. The van der Waals surface area contributed by atoms with Crippen molar-refractivity contribution in [2.45, 2.75) is 31.6 Å². The van der Waals surface area contributed by atoms with Crippen LogP contribution in [0.4, 0.5) is 0 Å². The highest BCUT2D eigenvalue weighted by Gasteiger charge is 2.23. The molecule has 0 N–H and O–H groups in total. The molecular formula is C17H24ClNO2. The van der Waals surface area contributed by atoms with Gasteiger partial charge in [0.15, 0.2) is 0 Å². The fourth-order valence-electron chi connectivity index (χ4n) is 3.00. The third kappa shape index (κ3) is 4.06. The third-order valence-electron chi connectivity index (χ3n) is 4.39.